The van der Waals surface area contributed by atoms with Gasteiger partial charge in [-0.25, -0.2) is 5.06 Å². The van der Waals surface area contributed by atoms with Gasteiger partial charge < -0.3 is 4.74 Å². The number of nitrogens with zero attached hydrogens (tertiary/aromatic N) is 1. The summed E-state index contributed by atoms with van der Waals surface area (Å²) in [6.07, 6.45) is 10.1. The molecular weight excluding hydrogens is 490 g/mol. The molecule has 9 atom stereocenters. The van der Waals surface area contributed by atoms with Crippen LogP contribution in [0.2, 0.25) is 0 Å². The molecule has 6 heteroatoms. The van der Waals surface area contributed by atoms with Crippen molar-refractivity contribution in [3.63, 3.8) is 0 Å². The molecule has 0 heterocycles. The van der Waals surface area contributed by atoms with Gasteiger partial charge in [-0.05, 0) is 97.4 Å². The molecule has 5 aliphatic rings. The Morgan fingerprint density at radius 3 is 2.21 bits per heavy atom. The number of carbonyl (C=O) groups is 3. The molecule has 0 aromatic carbocycles. The van der Waals surface area contributed by atoms with Crippen LogP contribution in [0.15, 0.2) is 11.6 Å². The predicted molar refractivity (Wildman–Crippen MR) is 150 cm³/mol. The lowest BCUT2D eigenvalue weighted by molar-refractivity contribution is -0.210. The van der Waals surface area contributed by atoms with Crippen molar-refractivity contribution in [1.29, 1.82) is 0 Å². The summed E-state index contributed by atoms with van der Waals surface area (Å²) in [7, 11) is 1.43. The second kappa shape index (κ2) is 8.66. The van der Waals surface area contributed by atoms with E-state index in [0.29, 0.717) is 12.3 Å². The first-order chi connectivity index (χ1) is 17.9. The van der Waals surface area contributed by atoms with Gasteiger partial charge >= 0.3 is 5.97 Å². The van der Waals surface area contributed by atoms with Gasteiger partial charge in [-0.1, -0.05) is 54.0 Å². The third kappa shape index (κ3) is 3.78. The molecule has 0 saturated heterocycles. The van der Waals surface area contributed by atoms with Crippen LogP contribution in [0.25, 0.3) is 0 Å². The van der Waals surface area contributed by atoms with Gasteiger partial charge in [0.15, 0.2) is 5.78 Å². The lowest BCUT2D eigenvalue weighted by Crippen LogP contribution is -2.66. The fourth-order valence-corrected chi connectivity index (χ4v) is 11.2. The molecule has 5 aliphatic carbocycles. The lowest BCUT2D eigenvalue weighted by Gasteiger charge is -2.70. The highest BCUT2D eigenvalue weighted by atomic mass is 16.5. The predicted octanol–water partition coefficient (Wildman–Crippen LogP) is 6.75. The van der Waals surface area contributed by atoms with Crippen molar-refractivity contribution in [1.82, 2.24) is 5.06 Å². The second-order valence-corrected chi connectivity index (χ2v) is 16.0. The van der Waals surface area contributed by atoms with Crippen molar-refractivity contribution >= 4 is 17.7 Å². The van der Waals surface area contributed by atoms with E-state index in [1.54, 1.807) is 0 Å². The maximum absolute atomic E-state index is 14.5. The van der Waals surface area contributed by atoms with E-state index in [9.17, 15) is 19.6 Å². The Morgan fingerprint density at radius 1 is 0.949 bits per heavy atom. The number of ether oxygens (including phenoxy) is 1. The molecule has 0 radical (unpaired) electrons. The highest BCUT2D eigenvalue weighted by Gasteiger charge is 2.70. The highest BCUT2D eigenvalue weighted by Crippen LogP contribution is 2.75. The topological polar surface area (TPSA) is 83.9 Å². The van der Waals surface area contributed by atoms with Gasteiger partial charge in [-0.3, -0.25) is 19.6 Å². The third-order valence-corrected chi connectivity index (χ3v) is 13.6. The summed E-state index contributed by atoms with van der Waals surface area (Å²) in [5, 5.41) is 10.8. The van der Waals surface area contributed by atoms with Gasteiger partial charge in [0, 0.05) is 30.7 Å². The Hall–Kier alpha value is -1.69. The normalized spacial score (nSPS) is 48.5. The van der Waals surface area contributed by atoms with Gasteiger partial charge in [0.05, 0.1) is 0 Å². The fourth-order valence-electron chi connectivity index (χ4n) is 11.2. The summed E-state index contributed by atoms with van der Waals surface area (Å²) in [5.41, 5.74) is 0.0629. The number of esters is 1. The van der Waals surface area contributed by atoms with E-state index >= 15 is 0 Å². The van der Waals surface area contributed by atoms with E-state index in [1.165, 1.54) is 19.5 Å². The molecule has 0 aliphatic heterocycles. The number of fused-ring (bicyclic) bond motifs is 7. The molecule has 1 unspecified atom stereocenters. The summed E-state index contributed by atoms with van der Waals surface area (Å²) in [6.45, 7) is 17.5. The zero-order valence-electron chi connectivity index (χ0n) is 25.8. The Labute approximate surface area is 235 Å². The Bertz CT molecular complexity index is 1130. The minimum absolute atomic E-state index is 0.0633. The van der Waals surface area contributed by atoms with E-state index in [2.05, 4.69) is 41.5 Å². The number of allylic oxidation sites excluding steroid dienone is 2. The van der Waals surface area contributed by atoms with Crippen molar-refractivity contribution < 1.29 is 24.3 Å². The number of hydrogen-bond donors (Lipinski definition) is 1. The third-order valence-electron chi connectivity index (χ3n) is 13.6. The van der Waals surface area contributed by atoms with E-state index < -0.39 is 5.41 Å². The molecule has 5 rings (SSSR count). The summed E-state index contributed by atoms with van der Waals surface area (Å²) in [4.78, 5) is 39.5. The van der Waals surface area contributed by atoms with Gasteiger partial charge in [0.2, 0.25) is 0 Å². The van der Waals surface area contributed by atoms with Crippen LogP contribution in [-0.2, 0) is 19.1 Å². The average Bonchev–Trinajstić information content (AvgIpc) is 2.82. The molecule has 1 amide bonds. The van der Waals surface area contributed by atoms with Crippen molar-refractivity contribution in [3.8, 4) is 0 Å². The first kappa shape index (κ1) is 28.8. The number of hydrogen-bond acceptors (Lipinski definition) is 5. The van der Waals surface area contributed by atoms with Gasteiger partial charge in [0.25, 0.3) is 5.91 Å². The minimum Gasteiger partial charge on any atom is -0.462 e. The van der Waals surface area contributed by atoms with Gasteiger partial charge in [-0.15, -0.1) is 0 Å². The maximum atomic E-state index is 14.5. The minimum atomic E-state index is -0.629. The first-order valence-corrected chi connectivity index (χ1v) is 15.3. The summed E-state index contributed by atoms with van der Waals surface area (Å²) >= 11 is 0. The zero-order chi connectivity index (χ0) is 29.0. The number of hydroxylamine groups is 2. The van der Waals surface area contributed by atoms with Crippen molar-refractivity contribution in [2.45, 2.75) is 119 Å². The van der Waals surface area contributed by atoms with E-state index in [4.69, 9.17) is 4.74 Å². The smallest absolute Gasteiger partial charge is 0.302 e. The van der Waals surface area contributed by atoms with Crippen LogP contribution in [-0.4, -0.2) is 41.1 Å². The highest BCUT2D eigenvalue weighted by molar-refractivity contribution is 5.95. The molecule has 0 spiro atoms. The van der Waals surface area contributed by atoms with Crippen molar-refractivity contribution in [2.75, 3.05) is 7.05 Å². The lowest BCUT2D eigenvalue weighted by atomic mass is 9.33. The van der Waals surface area contributed by atoms with E-state index in [1.807, 2.05) is 13.0 Å². The summed E-state index contributed by atoms with van der Waals surface area (Å²) in [5.74, 6) is 0.210. The Kier molecular flexibility index (Phi) is 6.40. The number of amides is 1. The van der Waals surface area contributed by atoms with Crippen LogP contribution >= 0.6 is 0 Å². The summed E-state index contributed by atoms with van der Waals surface area (Å²) < 4.78 is 5.84. The zero-order valence-corrected chi connectivity index (χ0v) is 25.8. The van der Waals surface area contributed by atoms with Gasteiger partial charge in [0.1, 0.15) is 6.10 Å². The number of ketones is 1. The Morgan fingerprint density at radius 2 is 1.59 bits per heavy atom. The largest absolute Gasteiger partial charge is 0.462 e. The molecule has 1 N–H and O–H groups in total. The molecule has 218 valence electrons. The fraction of sp³-hybridized carbons (Fsp3) is 0.848. The number of rotatable bonds is 2. The molecule has 0 bridgehead atoms. The average molecular weight is 542 g/mol. The molecule has 0 aromatic rings. The quantitative estimate of drug-likeness (QED) is 0.238. The van der Waals surface area contributed by atoms with Crippen molar-refractivity contribution in [3.05, 3.63) is 11.6 Å². The molecule has 6 nitrogen and oxygen atoms in total. The Balaban J connectivity index is 1.57. The molecule has 4 saturated carbocycles. The van der Waals surface area contributed by atoms with E-state index in [-0.39, 0.29) is 62.7 Å². The standard InChI is InChI=1S/C33H51NO5/c1-20(35)39-25-11-12-31(6)24(28(25,2)3)10-13-33(8)26(31)23(36)18-21-22-19-30(5,27(37)34(9)38)15-14-29(22,4)16-17-32(21,33)7/h18,22,24-26,38H,10-17,19H2,1-9H3/t22-,24?,25+,26-,29-,30+,31+,32-,33-/m1/s1. The van der Waals surface area contributed by atoms with Crippen LogP contribution in [0.4, 0.5) is 0 Å². The van der Waals surface area contributed by atoms with Crippen LogP contribution in [0.1, 0.15) is 113 Å². The SMILES string of the molecule is CC(=O)O[C@H]1CC[C@@]2(C)C(CC[C@]3(C)[C@@H]2C(=O)C=C2[C@H]4C[C@@](C)(C(=O)N(C)O)CC[C@]4(C)CC[C@]23C)C1(C)C. The monoisotopic (exact) mass is 541 g/mol. The van der Waals surface area contributed by atoms with Gasteiger partial charge in [-0.2, -0.15) is 0 Å². The van der Waals surface area contributed by atoms with E-state index in [0.717, 1.165) is 56.4 Å². The van der Waals surface area contributed by atoms with Crippen LogP contribution in [0.5, 0.6) is 0 Å². The van der Waals surface area contributed by atoms with Crippen LogP contribution in [0, 0.1) is 50.2 Å². The van der Waals surface area contributed by atoms with Crippen molar-refractivity contribution in [2.24, 2.45) is 50.2 Å². The van der Waals surface area contributed by atoms with Crippen LogP contribution in [0.3, 0.4) is 0 Å². The second-order valence-electron chi connectivity index (χ2n) is 16.0. The molecule has 0 aromatic heterocycles. The number of carbonyl (C=O) groups excluding carboxylic acids is 3. The maximum Gasteiger partial charge on any atom is 0.302 e. The molecule has 4 fully saturated rings. The molecular formula is C33H51NO5. The first-order valence-electron chi connectivity index (χ1n) is 15.3. The van der Waals surface area contributed by atoms with Crippen LogP contribution < -0.4 is 0 Å². The summed E-state index contributed by atoms with van der Waals surface area (Å²) in [6, 6.07) is 0. The molecule has 39 heavy (non-hydrogen) atoms.